The lowest BCUT2D eigenvalue weighted by atomic mass is 10.1. The number of aliphatic imine (C=N–C) groups is 1. The van der Waals surface area contributed by atoms with E-state index in [0.29, 0.717) is 6.67 Å². The van der Waals surface area contributed by atoms with E-state index >= 15 is 0 Å². The van der Waals surface area contributed by atoms with Gasteiger partial charge in [0.1, 0.15) is 12.0 Å². The monoisotopic (exact) mass is 371 g/mol. The van der Waals surface area contributed by atoms with Crippen LogP contribution in [-0.2, 0) is 0 Å². The molecule has 1 atom stereocenters. The molecule has 1 aliphatic heterocycles. The Bertz CT molecular complexity index is 1150. The second kappa shape index (κ2) is 6.48. The number of thiophene rings is 1. The Morgan fingerprint density at radius 3 is 2.44 bits per heavy atom. The first-order valence-electron chi connectivity index (χ1n) is 9.17. The predicted molar refractivity (Wildman–Crippen MR) is 115 cm³/mol. The van der Waals surface area contributed by atoms with E-state index in [1.165, 1.54) is 31.3 Å². The third-order valence-electron chi connectivity index (χ3n) is 5.30. The largest absolute Gasteiger partial charge is 0.339 e. The number of nitrogens with zero attached hydrogens (tertiary/aromatic N) is 3. The summed E-state index contributed by atoms with van der Waals surface area (Å²) >= 11 is 1.86. The first kappa shape index (κ1) is 16.5. The van der Waals surface area contributed by atoms with E-state index in [-0.39, 0.29) is 6.17 Å². The maximum Gasteiger partial charge on any atom is 0.134 e. The molecule has 0 fully saturated rings. The molecule has 3 aromatic carbocycles. The Hall–Kier alpha value is -2.69. The summed E-state index contributed by atoms with van der Waals surface area (Å²) in [5.41, 5.74) is 2.52. The van der Waals surface area contributed by atoms with E-state index in [4.69, 9.17) is 4.99 Å². The molecular formula is C23H21N3S. The summed E-state index contributed by atoms with van der Waals surface area (Å²) in [6, 6.07) is 25.9. The molecule has 0 aliphatic carbocycles. The fourth-order valence-corrected chi connectivity index (χ4v) is 5.29. The first-order valence-corrected chi connectivity index (χ1v) is 9.99. The average Bonchev–Trinajstić information content (AvgIpc) is 3.08. The van der Waals surface area contributed by atoms with Crippen LogP contribution in [0, 0.1) is 0 Å². The van der Waals surface area contributed by atoms with Crippen LogP contribution < -0.4 is 0 Å². The predicted octanol–water partition coefficient (Wildman–Crippen LogP) is 5.33. The van der Waals surface area contributed by atoms with E-state index in [0.717, 1.165) is 5.84 Å². The minimum atomic E-state index is 0.184. The van der Waals surface area contributed by atoms with Gasteiger partial charge in [0.2, 0.25) is 0 Å². The van der Waals surface area contributed by atoms with Crippen molar-refractivity contribution in [3.63, 3.8) is 0 Å². The molecule has 27 heavy (non-hydrogen) atoms. The molecule has 5 rings (SSSR count). The van der Waals surface area contributed by atoms with Crippen molar-refractivity contribution in [1.29, 1.82) is 0 Å². The molecule has 134 valence electrons. The van der Waals surface area contributed by atoms with E-state index < -0.39 is 0 Å². The van der Waals surface area contributed by atoms with Crippen LogP contribution in [0.25, 0.3) is 20.2 Å². The summed E-state index contributed by atoms with van der Waals surface area (Å²) in [5, 5.41) is 2.65. The van der Waals surface area contributed by atoms with Gasteiger partial charge in [-0.25, -0.2) is 0 Å². The highest BCUT2D eigenvalue weighted by Crippen LogP contribution is 2.37. The van der Waals surface area contributed by atoms with Gasteiger partial charge in [-0.05, 0) is 24.7 Å². The Morgan fingerprint density at radius 1 is 0.852 bits per heavy atom. The standard InChI is InChI=1S/C23H21N3S/c1-25-15-24-22(26(2)23(25)16-9-4-3-5-10-16)19-13-8-12-18-17-11-6-7-14-20(17)27-21(18)19/h3-14,23H,15H2,1-2H3. The van der Waals surface area contributed by atoms with Crippen molar-refractivity contribution in [1.82, 2.24) is 9.80 Å². The van der Waals surface area contributed by atoms with Crippen LogP contribution >= 0.6 is 11.3 Å². The normalized spacial score (nSPS) is 18.2. The highest BCUT2D eigenvalue weighted by Gasteiger charge is 2.29. The zero-order valence-corrected chi connectivity index (χ0v) is 16.3. The summed E-state index contributed by atoms with van der Waals surface area (Å²) in [5.74, 6) is 1.07. The highest BCUT2D eigenvalue weighted by molar-refractivity contribution is 7.26. The Balaban J connectivity index is 1.66. The molecule has 0 amide bonds. The summed E-state index contributed by atoms with van der Waals surface area (Å²) in [6.45, 7) is 0.695. The van der Waals surface area contributed by atoms with Crippen LogP contribution in [0.5, 0.6) is 0 Å². The van der Waals surface area contributed by atoms with E-state index in [2.05, 4.69) is 96.7 Å². The summed E-state index contributed by atoms with van der Waals surface area (Å²) < 4.78 is 2.65. The highest BCUT2D eigenvalue weighted by atomic mass is 32.1. The molecule has 1 aromatic heterocycles. The van der Waals surface area contributed by atoms with Crippen LogP contribution in [0.2, 0.25) is 0 Å². The molecule has 0 N–H and O–H groups in total. The van der Waals surface area contributed by atoms with E-state index in [1.807, 2.05) is 11.3 Å². The van der Waals surface area contributed by atoms with Crippen molar-refractivity contribution in [2.24, 2.45) is 4.99 Å². The van der Waals surface area contributed by atoms with Crippen molar-refractivity contribution >= 4 is 37.3 Å². The van der Waals surface area contributed by atoms with Gasteiger partial charge in [-0.3, -0.25) is 9.89 Å². The van der Waals surface area contributed by atoms with E-state index in [1.54, 1.807) is 0 Å². The zero-order valence-electron chi connectivity index (χ0n) is 15.5. The summed E-state index contributed by atoms with van der Waals surface area (Å²) in [7, 11) is 4.28. The van der Waals surface area contributed by atoms with Crippen molar-refractivity contribution in [2.75, 3.05) is 20.8 Å². The molecule has 0 bridgehead atoms. The molecule has 3 nitrogen and oxygen atoms in total. The van der Waals surface area contributed by atoms with Crippen molar-refractivity contribution in [3.05, 3.63) is 83.9 Å². The number of hydrogen-bond acceptors (Lipinski definition) is 4. The lowest BCUT2D eigenvalue weighted by Crippen LogP contribution is -2.45. The van der Waals surface area contributed by atoms with E-state index in [9.17, 15) is 0 Å². The van der Waals surface area contributed by atoms with Gasteiger partial charge in [-0.15, -0.1) is 11.3 Å². The molecule has 1 aliphatic rings. The zero-order chi connectivity index (χ0) is 18.4. The quantitative estimate of drug-likeness (QED) is 0.474. The van der Waals surface area contributed by atoms with Crippen LogP contribution in [-0.4, -0.2) is 36.4 Å². The van der Waals surface area contributed by atoms with Gasteiger partial charge < -0.3 is 4.90 Å². The van der Waals surface area contributed by atoms with Crippen LogP contribution in [0.1, 0.15) is 17.3 Å². The summed E-state index contributed by atoms with van der Waals surface area (Å²) in [4.78, 5) is 9.52. The molecule has 4 aromatic rings. The smallest absolute Gasteiger partial charge is 0.134 e. The summed E-state index contributed by atoms with van der Waals surface area (Å²) in [6.07, 6.45) is 0.184. The van der Waals surface area contributed by atoms with Crippen LogP contribution in [0.4, 0.5) is 0 Å². The van der Waals surface area contributed by atoms with Gasteiger partial charge >= 0.3 is 0 Å². The lowest BCUT2D eigenvalue weighted by Gasteiger charge is -2.40. The van der Waals surface area contributed by atoms with Crippen molar-refractivity contribution < 1.29 is 0 Å². The molecule has 4 heteroatoms. The number of rotatable bonds is 2. The van der Waals surface area contributed by atoms with Gasteiger partial charge in [0, 0.05) is 32.8 Å². The van der Waals surface area contributed by atoms with Crippen molar-refractivity contribution in [3.8, 4) is 0 Å². The fraction of sp³-hybridized carbons (Fsp3) is 0.174. The number of benzene rings is 3. The number of amidine groups is 1. The molecule has 1 unspecified atom stereocenters. The van der Waals surface area contributed by atoms with Gasteiger partial charge in [0.15, 0.2) is 0 Å². The molecular weight excluding hydrogens is 350 g/mol. The molecule has 2 heterocycles. The Labute approximate surface area is 163 Å². The van der Waals surface area contributed by atoms with Crippen LogP contribution in [0.15, 0.2) is 77.8 Å². The van der Waals surface area contributed by atoms with Crippen molar-refractivity contribution in [2.45, 2.75) is 6.17 Å². The average molecular weight is 372 g/mol. The lowest BCUT2D eigenvalue weighted by molar-refractivity contribution is 0.124. The SMILES string of the molecule is CN1CN=C(c2cccc3c2sc2ccccc23)N(C)C1c1ccccc1. The second-order valence-corrected chi connectivity index (χ2v) is 8.11. The minimum absolute atomic E-state index is 0.184. The molecule has 0 saturated heterocycles. The first-order chi connectivity index (χ1) is 13.2. The molecule has 0 radical (unpaired) electrons. The van der Waals surface area contributed by atoms with Gasteiger partial charge in [-0.1, -0.05) is 60.7 Å². The third kappa shape index (κ3) is 2.64. The Kier molecular flexibility index (Phi) is 3.96. The number of hydrogen-bond donors (Lipinski definition) is 0. The van der Waals surface area contributed by atoms with Gasteiger partial charge in [0.25, 0.3) is 0 Å². The van der Waals surface area contributed by atoms with Gasteiger partial charge in [-0.2, -0.15) is 0 Å². The Morgan fingerprint density at radius 2 is 1.59 bits per heavy atom. The maximum absolute atomic E-state index is 4.93. The molecule has 0 saturated carbocycles. The minimum Gasteiger partial charge on any atom is -0.339 e. The fourth-order valence-electron chi connectivity index (χ4n) is 4.08. The second-order valence-electron chi connectivity index (χ2n) is 7.06. The van der Waals surface area contributed by atoms with Gasteiger partial charge in [0.05, 0.1) is 6.67 Å². The maximum atomic E-state index is 4.93. The topological polar surface area (TPSA) is 18.8 Å². The number of fused-ring (bicyclic) bond motifs is 3. The van der Waals surface area contributed by atoms with Crippen LogP contribution in [0.3, 0.4) is 0 Å². The molecule has 0 spiro atoms. The third-order valence-corrected chi connectivity index (χ3v) is 6.52.